The highest BCUT2D eigenvalue weighted by Crippen LogP contribution is 2.20. The van der Waals surface area contributed by atoms with Gasteiger partial charge in [0.25, 0.3) is 0 Å². The number of aryl methyl sites for hydroxylation is 1. The molecule has 2 N–H and O–H groups in total. The third-order valence-electron chi connectivity index (χ3n) is 2.89. The van der Waals surface area contributed by atoms with Gasteiger partial charge in [-0.05, 0) is 36.2 Å². The Morgan fingerprint density at radius 3 is 2.24 bits per heavy atom. The van der Waals surface area contributed by atoms with Crippen LogP contribution in [0.1, 0.15) is 5.56 Å². The second-order valence-electron chi connectivity index (χ2n) is 4.36. The second-order valence-corrected chi connectivity index (χ2v) is 5.33. The number of para-hydroxylation sites is 1. The maximum atomic E-state index is 5.87. The summed E-state index contributed by atoms with van der Waals surface area (Å²) in [6, 6.07) is 18.4. The van der Waals surface area contributed by atoms with E-state index in [0.717, 1.165) is 17.1 Å². The van der Waals surface area contributed by atoms with Gasteiger partial charge in [0.1, 0.15) is 17.2 Å². The molecule has 2 aromatic carbocycles. The quantitative estimate of drug-likeness (QED) is 0.576. The molecule has 0 atom stereocenters. The summed E-state index contributed by atoms with van der Waals surface area (Å²) in [5, 5.41) is 0.569. The Hall–Kier alpha value is -1.91. The van der Waals surface area contributed by atoms with Crippen molar-refractivity contribution < 1.29 is 3.96 Å². The lowest BCUT2D eigenvalue weighted by Gasteiger charge is -1.98. The number of aromatic nitrogens is 2. The lowest BCUT2D eigenvalue weighted by molar-refractivity contribution is -0.509. The first-order valence-electron chi connectivity index (χ1n) is 6.43. The summed E-state index contributed by atoms with van der Waals surface area (Å²) >= 11 is 6.09. The summed E-state index contributed by atoms with van der Waals surface area (Å²) in [5.41, 5.74) is 9.25. The molecule has 21 heavy (non-hydrogen) atoms. The van der Waals surface area contributed by atoms with Crippen molar-refractivity contribution in [3.8, 4) is 17.1 Å². The highest BCUT2D eigenvalue weighted by Gasteiger charge is 2.22. The number of hydrogen-bond donors (Lipinski definition) is 1. The molecule has 0 spiro atoms. The predicted octanol–water partition coefficient (Wildman–Crippen LogP) is 3.83. The Kier molecular flexibility index (Phi) is 5.31. The van der Waals surface area contributed by atoms with Crippen LogP contribution in [0.5, 0.6) is 0 Å². The molecular formula is C16H17ClN3S+. The van der Waals surface area contributed by atoms with Crippen LogP contribution in [0.3, 0.4) is 0 Å². The topological polar surface area (TPSA) is 42.8 Å². The minimum atomic E-state index is 0.569. The summed E-state index contributed by atoms with van der Waals surface area (Å²) in [5.74, 6) is 0.883. The van der Waals surface area contributed by atoms with E-state index < -0.39 is 0 Å². The molecule has 0 aliphatic carbocycles. The van der Waals surface area contributed by atoms with Crippen molar-refractivity contribution in [1.29, 1.82) is 0 Å². The van der Waals surface area contributed by atoms with Crippen molar-refractivity contribution in [1.82, 2.24) is 4.98 Å². The van der Waals surface area contributed by atoms with Crippen LogP contribution < -0.4 is 9.69 Å². The average Bonchev–Trinajstić information content (AvgIpc) is 2.93. The Bertz CT molecular complexity index is 693. The Balaban J connectivity index is 0.000000774. The monoisotopic (exact) mass is 318 g/mol. The van der Waals surface area contributed by atoms with E-state index >= 15 is 0 Å². The minimum absolute atomic E-state index is 0.569. The fraction of sp³-hybridized carbons (Fsp3) is 0.125. The molecule has 0 saturated heterocycles. The third-order valence-corrected chi connectivity index (χ3v) is 3.74. The van der Waals surface area contributed by atoms with Gasteiger partial charge in [-0.1, -0.05) is 35.9 Å². The van der Waals surface area contributed by atoms with Crippen LogP contribution in [0, 0.1) is 6.92 Å². The van der Waals surface area contributed by atoms with Crippen molar-refractivity contribution in [2.45, 2.75) is 6.92 Å². The zero-order valence-corrected chi connectivity index (χ0v) is 13.5. The summed E-state index contributed by atoms with van der Waals surface area (Å²) in [6.45, 7) is 2.07. The van der Waals surface area contributed by atoms with Gasteiger partial charge in [0.15, 0.2) is 0 Å². The molecule has 1 aromatic heterocycles. The number of nitrogen functional groups attached to an aromatic ring is 1. The summed E-state index contributed by atoms with van der Waals surface area (Å²) in [4.78, 5) is 4.45. The van der Waals surface area contributed by atoms with Gasteiger partial charge in [-0.15, -0.1) is 15.6 Å². The number of nitrogens with two attached hydrogens (primary N) is 1. The molecule has 5 heteroatoms. The number of nitrogens with zero attached hydrogens (tertiary/aromatic N) is 2. The number of halogens is 1. The standard InChI is InChI=1S/C15H13N3S.CH3Cl/c1-11-7-9-12(10-8-11)14-17-15(16)19-18(14)13-5-3-2-4-6-13;1-2/h2-10,16H,1H3;1H3/p+1. The molecule has 0 radical (unpaired) electrons. The number of benzene rings is 2. The van der Waals surface area contributed by atoms with E-state index in [0.29, 0.717) is 5.13 Å². The molecule has 3 nitrogen and oxygen atoms in total. The molecule has 0 unspecified atom stereocenters. The number of rotatable bonds is 2. The molecular weight excluding hydrogens is 302 g/mol. The predicted molar refractivity (Wildman–Crippen MR) is 90.0 cm³/mol. The normalized spacial score (nSPS) is 9.86. The Morgan fingerprint density at radius 2 is 1.62 bits per heavy atom. The largest absolute Gasteiger partial charge is 0.351 e. The van der Waals surface area contributed by atoms with Crippen LogP contribution in [-0.4, -0.2) is 11.4 Å². The molecule has 0 amide bonds. The fourth-order valence-electron chi connectivity index (χ4n) is 1.93. The van der Waals surface area contributed by atoms with Gasteiger partial charge in [0, 0.05) is 6.38 Å². The third kappa shape index (κ3) is 3.60. The van der Waals surface area contributed by atoms with Crippen molar-refractivity contribution in [3.63, 3.8) is 0 Å². The molecule has 0 bridgehead atoms. The highest BCUT2D eigenvalue weighted by molar-refractivity contribution is 7.05. The van der Waals surface area contributed by atoms with Crippen molar-refractivity contribution in [3.05, 3.63) is 60.2 Å². The minimum Gasteiger partial charge on any atom is -0.351 e. The molecule has 0 aliphatic heterocycles. The van der Waals surface area contributed by atoms with Crippen molar-refractivity contribution in [2.75, 3.05) is 12.1 Å². The van der Waals surface area contributed by atoms with Gasteiger partial charge in [0.2, 0.25) is 0 Å². The molecule has 0 saturated carbocycles. The maximum absolute atomic E-state index is 5.87. The van der Waals surface area contributed by atoms with Gasteiger partial charge in [-0.2, -0.15) is 0 Å². The first kappa shape index (κ1) is 15.5. The van der Waals surface area contributed by atoms with Crippen LogP contribution in [0.2, 0.25) is 0 Å². The van der Waals surface area contributed by atoms with Gasteiger partial charge in [-0.25, -0.2) is 0 Å². The van der Waals surface area contributed by atoms with E-state index in [1.54, 1.807) is 0 Å². The summed E-state index contributed by atoms with van der Waals surface area (Å²) in [7, 11) is 0. The molecule has 3 rings (SSSR count). The first-order chi connectivity index (χ1) is 10.2. The second kappa shape index (κ2) is 7.20. The number of anilines is 1. The Labute approximate surface area is 133 Å². The lowest BCUT2D eigenvalue weighted by atomic mass is 10.1. The smallest absolute Gasteiger partial charge is 0.350 e. The van der Waals surface area contributed by atoms with E-state index in [2.05, 4.69) is 63.9 Å². The van der Waals surface area contributed by atoms with Crippen LogP contribution in [0.15, 0.2) is 54.6 Å². The number of hydrogen-bond acceptors (Lipinski definition) is 3. The average molecular weight is 319 g/mol. The maximum Gasteiger partial charge on any atom is 0.350 e. The van der Waals surface area contributed by atoms with E-state index in [1.165, 1.54) is 23.5 Å². The molecule has 3 aromatic rings. The van der Waals surface area contributed by atoms with E-state index in [9.17, 15) is 0 Å². The van der Waals surface area contributed by atoms with Crippen molar-refractivity contribution >= 4 is 28.3 Å². The summed E-state index contributed by atoms with van der Waals surface area (Å²) in [6.07, 6.45) is 1.47. The molecule has 0 aliphatic rings. The van der Waals surface area contributed by atoms with Crippen LogP contribution in [-0.2, 0) is 0 Å². The van der Waals surface area contributed by atoms with Crippen LogP contribution in [0.25, 0.3) is 17.1 Å². The SMILES string of the molecule is CCl.Cc1ccc(-c2nc(N)s[n+]2-c2ccccc2)cc1. The zero-order chi connectivity index (χ0) is 15.2. The van der Waals surface area contributed by atoms with Gasteiger partial charge in [-0.3, -0.25) is 0 Å². The lowest BCUT2D eigenvalue weighted by Crippen LogP contribution is -2.27. The van der Waals surface area contributed by atoms with Crippen LogP contribution in [0.4, 0.5) is 5.13 Å². The Morgan fingerprint density at radius 1 is 1.00 bits per heavy atom. The van der Waals surface area contributed by atoms with E-state index in [-0.39, 0.29) is 0 Å². The zero-order valence-electron chi connectivity index (χ0n) is 12.0. The highest BCUT2D eigenvalue weighted by atomic mass is 35.5. The molecule has 1 heterocycles. The summed E-state index contributed by atoms with van der Waals surface area (Å²) < 4.78 is 2.06. The van der Waals surface area contributed by atoms with Gasteiger partial charge >= 0.3 is 11.0 Å². The van der Waals surface area contributed by atoms with Crippen LogP contribution >= 0.6 is 23.1 Å². The molecule has 0 fully saturated rings. The molecule has 108 valence electrons. The fourth-order valence-corrected chi connectivity index (χ4v) is 2.70. The van der Waals surface area contributed by atoms with Gasteiger partial charge < -0.3 is 5.73 Å². The van der Waals surface area contributed by atoms with E-state index in [4.69, 9.17) is 5.73 Å². The van der Waals surface area contributed by atoms with E-state index in [1.807, 2.05) is 18.2 Å². The first-order valence-corrected chi connectivity index (χ1v) is 7.96. The van der Waals surface area contributed by atoms with Gasteiger partial charge in [0.05, 0.1) is 5.56 Å². The number of alkyl halides is 1. The van der Waals surface area contributed by atoms with Crippen molar-refractivity contribution in [2.24, 2.45) is 0 Å².